The largest absolute Gasteiger partial charge is 0.493 e. The summed E-state index contributed by atoms with van der Waals surface area (Å²) in [5.74, 6) is 1.39. The van der Waals surface area contributed by atoms with E-state index in [1.54, 1.807) is 32.4 Å². The number of nitrogens with one attached hydrogen (secondary N) is 1. The van der Waals surface area contributed by atoms with Crippen LogP contribution in [0.5, 0.6) is 11.5 Å². The Kier molecular flexibility index (Phi) is 7.40. The first-order valence-electron chi connectivity index (χ1n) is 9.75. The molecular formula is C22H25Cl3N2O3. The van der Waals surface area contributed by atoms with Crippen molar-refractivity contribution in [1.29, 1.82) is 0 Å². The minimum Gasteiger partial charge on any atom is -0.493 e. The lowest BCUT2D eigenvalue weighted by molar-refractivity contribution is 0.0843. The molecular weight excluding hydrogens is 447 g/mol. The second kappa shape index (κ2) is 9.65. The third-order valence-corrected chi connectivity index (χ3v) is 6.64. The van der Waals surface area contributed by atoms with Crippen molar-refractivity contribution in [2.45, 2.75) is 31.3 Å². The summed E-state index contributed by atoms with van der Waals surface area (Å²) >= 11 is 12.0. The lowest BCUT2D eigenvalue weighted by atomic mass is 9.84. The number of nitrogens with zero attached hydrogens (tertiary/aromatic N) is 1. The summed E-state index contributed by atoms with van der Waals surface area (Å²) in [5, 5.41) is 4.00. The molecule has 1 N–H and O–H groups in total. The molecule has 0 aliphatic carbocycles. The number of benzene rings is 2. The Morgan fingerprint density at radius 1 is 1.07 bits per heavy atom. The second-order valence-electron chi connectivity index (χ2n) is 7.53. The highest BCUT2D eigenvalue weighted by Gasteiger charge is 2.35. The molecule has 1 amide bonds. The summed E-state index contributed by atoms with van der Waals surface area (Å²) < 4.78 is 11.0. The number of ether oxygens (including phenoxy) is 2. The first-order valence-corrected chi connectivity index (χ1v) is 10.5. The molecule has 0 radical (unpaired) electrons. The van der Waals surface area contributed by atoms with Gasteiger partial charge in [0.05, 0.1) is 24.3 Å². The van der Waals surface area contributed by atoms with E-state index in [1.165, 1.54) is 11.1 Å². The number of fused-ring (bicyclic) bond motifs is 3. The average Bonchev–Trinajstić information content (AvgIpc) is 2.74. The van der Waals surface area contributed by atoms with Crippen LogP contribution in [0.15, 0.2) is 30.3 Å². The number of hydrogen-bond donors (Lipinski definition) is 1. The van der Waals surface area contributed by atoms with Crippen LogP contribution in [-0.4, -0.2) is 44.2 Å². The van der Waals surface area contributed by atoms with Crippen molar-refractivity contribution in [3.63, 3.8) is 0 Å². The van der Waals surface area contributed by atoms with Crippen molar-refractivity contribution in [2.24, 2.45) is 0 Å². The standard InChI is InChI=1S/C22H24Cl2N2O3.ClH/c1-28-20-10-13-5-7-26-8-6-15(11-19(26)16(13)12-21(20)29-2)25-22(27)14-3-4-17(23)18(24)9-14;/h3-4,9-10,12,15,19H,5-8,11H2,1-2H3,(H,25,27);1H. The summed E-state index contributed by atoms with van der Waals surface area (Å²) in [7, 11) is 3.32. The fourth-order valence-electron chi connectivity index (χ4n) is 4.37. The Morgan fingerprint density at radius 2 is 1.80 bits per heavy atom. The van der Waals surface area contributed by atoms with Gasteiger partial charge in [-0.25, -0.2) is 0 Å². The van der Waals surface area contributed by atoms with E-state index in [0.29, 0.717) is 15.6 Å². The minimum absolute atomic E-state index is 0. The van der Waals surface area contributed by atoms with Crippen LogP contribution in [0.25, 0.3) is 0 Å². The predicted molar refractivity (Wildman–Crippen MR) is 122 cm³/mol. The molecule has 0 spiro atoms. The Labute approximate surface area is 193 Å². The third kappa shape index (κ3) is 4.50. The van der Waals surface area contributed by atoms with Crippen molar-refractivity contribution in [3.05, 3.63) is 57.1 Å². The average molecular weight is 472 g/mol. The SMILES string of the molecule is COc1cc2c(cc1OC)C1CC(NC(=O)c3ccc(Cl)c(Cl)c3)CCN1CC2.Cl. The number of amides is 1. The zero-order valence-electron chi connectivity index (χ0n) is 16.9. The Morgan fingerprint density at radius 3 is 2.50 bits per heavy atom. The van der Waals surface area contributed by atoms with E-state index in [1.807, 2.05) is 0 Å². The van der Waals surface area contributed by atoms with Crippen molar-refractivity contribution in [1.82, 2.24) is 10.2 Å². The first-order chi connectivity index (χ1) is 14.0. The molecule has 1 saturated heterocycles. The summed E-state index contributed by atoms with van der Waals surface area (Å²) in [6.07, 6.45) is 2.77. The van der Waals surface area contributed by atoms with Crippen LogP contribution in [0.2, 0.25) is 10.0 Å². The van der Waals surface area contributed by atoms with Gasteiger partial charge in [-0.1, -0.05) is 23.2 Å². The molecule has 0 aromatic heterocycles. The minimum atomic E-state index is -0.120. The van der Waals surface area contributed by atoms with Crippen molar-refractivity contribution in [2.75, 3.05) is 27.3 Å². The normalized spacial score (nSPS) is 20.4. The lowest BCUT2D eigenvalue weighted by Gasteiger charge is -2.43. The smallest absolute Gasteiger partial charge is 0.251 e. The van der Waals surface area contributed by atoms with Crippen LogP contribution in [0.3, 0.4) is 0 Å². The Hall–Kier alpha value is -1.66. The number of carbonyl (C=O) groups excluding carboxylic acids is 1. The maximum atomic E-state index is 12.7. The van der Waals surface area contributed by atoms with Gasteiger partial charge in [-0.2, -0.15) is 0 Å². The van der Waals surface area contributed by atoms with Crippen LogP contribution in [-0.2, 0) is 6.42 Å². The molecule has 30 heavy (non-hydrogen) atoms. The van der Waals surface area contributed by atoms with Gasteiger partial charge in [0.2, 0.25) is 0 Å². The molecule has 2 unspecified atom stereocenters. The van der Waals surface area contributed by atoms with Crippen LogP contribution >= 0.6 is 35.6 Å². The van der Waals surface area contributed by atoms with Gasteiger partial charge in [0.15, 0.2) is 11.5 Å². The fourth-order valence-corrected chi connectivity index (χ4v) is 4.67. The third-order valence-electron chi connectivity index (χ3n) is 5.90. The molecule has 162 valence electrons. The molecule has 2 aliphatic heterocycles. The molecule has 8 heteroatoms. The molecule has 4 rings (SSSR count). The molecule has 0 saturated carbocycles. The van der Waals surface area contributed by atoms with Crippen molar-refractivity contribution < 1.29 is 14.3 Å². The van der Waals surface area contributed by atoms with Gasteiger partial charge in [0, 0.05) is 30.7 Å². The van der Waals surface area contributed by atoms with Gasteiger partial charge in [-0.15, -0.1) is 12.4 Å². The Bertz CT molecular complexity index is 938. The lowest BCUT2D eigenvalue weighted by Crippen LogP contribution is -2.48. The molecule has 2 aromatic carbocycles. The fraction of sp³-hybridized carbons (Fsp3) is 0.409. The van der Waals surface area contributed by atoms with Gasteiger partial charge in [-0.05, 0) is 60.7 Å². The van der Waals surface area contributed by atoms with Crippen LogP contribution in [0.1, 0.15) is 40.4 Å². The number of halogens is 3. The molecule has 2 aromatic rings. The highest BCUT2D eigenvalue weighted by atomic mass is 35.5. The van der Waals surface area contributed by atoms with Crippen LogP contribution in [0, 0.1) is 0 Å². The molecule has 2 atom stereocenters. The van der Waals surface area contributed by atoms with Crippen LogP contribution < -0.4 is 14.8 Å². The van der Waals surface area contributed by atoms with E-state index in [4.69, 9.17) is 32.7 Å². The van der Waals surface area contributed by atoms with E-state index in [2.05, 4.69) is 22.3 Å². The zero-order chi connectivity index (χ0) is 20.5. The highest BCUT2D eigenvalue weighted by Crippen LogP contribution is 2.41. The quantitative estimate of drug-likeness (QED) is 0.687. The molecule has 2 aliphatic rings. The highest BCUT2D eigenvalue weighted by molar-refractivity contribution is 6.42. The number of carbonyl (C=O) groups is 1. The zero-order valence-corrected chi connectivity index (χ0v) is 19.2. The summed E-state index contributed by atoms with van der Waals surface area (Å²) in [6, 6.07) is 9.49. The number of piperidine rings is 1. The van der Waals surface area contributed by atoms with Crippen molar-refractivity contribution in [3.8, 4) is 11.5 Å². The van der Waals surface area contributed by atoms with Crippen molar-refractivity contribution >= 4 is 41.5 Å². The predicted octanol–water partition coefficient (Wildman–Crippen LogP) is 4.92. The second-order valence-corrected chi connectivity index (χ2v) is 8.35. The van der Waals surface area contributed by atoms with Gasteiger partial charge < -0.3 is 14.8 Å². The number of methoxy groups -OCH3 is 2. The van der Waals surface area contributed by atoms with E-state index in [-0.39, 0.29) is 30.4 Å². The van der Waals surface area contributed by atoms with Gasteiger partial charge in [-0.3, -0.25) is 9.69 Å². The van der Waals surface area contributed by atoms with Crippen LogP contribution in [0.4, 0.5) is 0 Å². The number of hydrogen-bond acceptors (Lipinski definition) is 4. The van der Waals surface area contributed by atoms with Gasteiger partial charge in [0.25, 0.3) is 5.91 Å². The topological polar surface area (TPSA) is 50.8 Å². The monoisotopic (exact) mass is 470 g/mol. The van der Waals surface area contributed by atoms with E-state index in [0.717, 1.165) is 43.9 Å². The summed E-state index contributed by atoms with van der Waals surface area (Å²) in [4.78, 5) is 15.2. The number of rotatable bonds is 4. The Balaban J connectivity index is 0.00000256. The molecule has 5 nitrogen and oxygen atoms in total. The van der Waals surface area contributed by atoms with E-state index < -0.39 is 0 Å². The summed E-state index contributed by atoms with van der Waals surface area (Å²) in [5.41, 5.74) is 3.08. The van der Waals surface area contributed by atoms with Gasteiger partial charge in [0.1, 0.15) is 0 Å². The van der Waals surface area contributed by atoms with Gasteiger partial charge >= 0.3 is 0 Å². The first kappa shape index (κ1) is 23.0. The summed E-state index contributed by atoms with van der Waals surface area (Å²) in [6.45, 7) is 1.96. The van der Waals surface area contributed by atoms with E-state index in [9.17, 15) is 4.79 Å². The molecule has 2 heterocycles. The maximum absolute atomic E-state index is 12.7. The molecule has 1 fully saturated rings. The maximum Gasteiger partial charge on any atom is 0.251 e. The van der Waals surface area contributed by atoms with E-state index >= 15 is 0 Å². The molecule has 0 bridgehead atoms.